The molecule has 0 atom stereocenters. The van der Waals surface area contributed by atoms with E-state index in [4.69, 9.17) is 0 Å². The lowest BCUT2D eigenvalue weighted by Gasteiger charge is -1.99. The predicted molar refractivity (Wildman–Crippen MR) is 97.7 cm³/mol. The maximum absolute atomic E-state index is 11.2. The molecule has 3 N–H and O–H groups in total. The summed E-state index contributed by atoms with van der Waals surface area (Å²) in [5, 5.41) is 12.8. The first-order valence-corrected chi connectivity index (χ1v) is 7.76. The normalized spacial score (nSPS) is 10.7. The van der Waals surface area contributed by atoms with Gasteiger partial charge in [-0.05, 0) is 38.4 Å². The number of fused-ring (bicyclic) bond motifs is 2. The van der Waals surface area contributed by atoms with Crippen LogP contribution in [-0.2, 0) is 7.05 Å². The Labute approximate surface area is 144 Å². The van der Waals surface area contributed by atoms with Gasteiger partial charge in [0.1, 0.15) is 5.52 Å². The van der Waals surface area contributed by atoms with E-state index in [1.807, 2.05) is 44.0 Å². The van der Waals surface area contributed by atoms with Gasteiger partial charge in [-0.15, -0.1) is 0 Å². The van der Waals surface area contributed by atoms with Crippen molar-refractivity contribution in [3.63, 3.8) is 0 Å². The number of aryl methyl sites for hydroxylation is 1. The molecule has 0 radical (unpaired) electrons. The molecule has 0 unspecified atom stereocenters. The molecule has 0 fully saturated rings. The van der Waals surface area contributed by atoms with E-state index in [2.05, 4.69) is 20.3 Å². The molecule has 0 saturated carbocycles. The molecule has 4 rings (SSSR count). The minimum atomic E-state index is -0.934. The number of aromatic carboxylic acids is 1. The van der Waals surface area contributed by atoms with Crippen molar-refractivity contribution in [1.82, 2.24) is 24.8 Å². The SMILES string of the molecule is CNC.Cn1cc(-c2cc3nccnc3[nH]2)c2cc(C(=O)O)ccc21. The van der Waals surface area contributed by atoms with E-state index in [0.717, 1.165) is 27.7 Å². The van der Waals surface area contributed by atoms with E-state index in [0.29, 0.717) is 5.65 Å². The molecule has 7 heteroatoms. The summed E-state index contributed by atoms with van der Waals surface area (Å²) in [5.74, 6) is -0.934. The Bertz CT molecular complexity index is 1020. The monoisotopic (exact) mass is 337 g/mol. The van der Waals surface area contributed by atoms with Gasteiger partial charge in [-0.2, -0.15) is 0 Å². The number of carbonyl (C=O) groups is 1. The van der Waals surface area contributed by atoms with E-state index in [1.165, 1.54) is 0 Å². The maximum Gasteiger partial charge on any atom is 0.335 e. The summed E-state index contributed by atoms with van der Waals surface area (Å²) < 4.78 is 1.97. The van der Waals surface area contributed by atoms with E-state index < -0.39 is 5.97 Å². The molecule has 7 nitrogen and oxygen atoms in total. The average Bonchev–Trinajstić information content (AvgIpc) is 3.16. The number of nitrogens with one attached hydrogen (secondary N) is 2. The van der Waals surface area contributed by atoms with Gasteiger partial charge in [-0.3, -0.25) is 4.98 Å². The largest absolute Gasteiger partial charge is 0.478 e. The van der Waals surface area contributed by atoms with E-state index in [-0.39, 0.29) is 5.56 Å². The Morgan fingerprint density at radius 1 is 1.20 bits per heavy atom. The second kappa shape index (κ2) is 6.74. The average molecular weight is 337 g/mol. The van der Waals surface area contributed by atoms with Crippen LogP contribution in [0.2, 0.25) is 0 Å². The highest BCUT2D eigenvalue weighted by molar-refractivity contribution is 6.01. The molecule has 128 valence electrons. The number of hydrogen-bond acceptors (Lipinski definition) is 4. The van der Waals surface area contributed by atoms with Crippen LogP contribution in [0.3, 0.4) is 0 Å². The van der Waals surface area contributed by atoms with Crippen molar-refractivity contribution in [3.8, 4) is 11.3 Å². The molecule has 3 aromatic heterocycles. The lowest BCUT2D eigenvalue weighted by Crippen LogP contribution is -1.95. The number of benzene rings is 1. The highest BCUT2D eigenvalue weighted by Crippen LogP contribution is 2.31. The van der Waals surface area contributed by atoms with Gasteiger partial charge >= 0.3 is 5.97 Å². The van der Waals surface area contributed by atoms with Crippen LogP contribution < -0.4 is 5.32 Å². The third kappa shape index (κ3) is 3.09. The van der Waals surface area contributed by atoms with Gasteiger partial charge in [0.15, 0.2) is 5.65 Å². The lowest BCUT2D eigenvalue weighted by molar-refractivity contribution is 0.0697. The third-order valence-corrected chi connectivity index (χ3v) is 3.79. The molecule has 0 amide bonds. The molecule has 25 heavy (non-hydrogen) atoms. The zero-order valence-corrected chi connectivity index (χ0v) is 14.2. The summed E-state index contributed by atoms with van der Waals surface area (Å²) in [6.45, 7) is 0. The van der Waals surface area contributed by atoms with Crippen LogP contribution in [0.25, 0.3) is 33.3 Å². The van der Waals surface area contributed by atoms with Crippen molar-refractivity contribution < 1.29 is 9.90 Å². The number of rotatable bonds is 2. The van der Waals surface area contributed by atoms with Crippen LogP contribution in [0.4, 0.5) is 0 Å². The number of carboxylic acid groups (broad SMARTS) is 1. The Balaban J connectivity index is 0.000000569. The zero-order chi connectivity index (χ0) is 18.0. The third-order valence-electron chi connectivity index (χ3n) is 3.79. The Morgan fingerprint density at radius 3 is 2.60 bits per heavy atom. The molecule has 3 heterocycles. The number of hydrogen-bond donors (Lipinski definition) is 3. The summed E-state index contributed by atoms with van der Waals surface area (Å²) in [4.78, 5) is 22.9. The molecule has 4 aromatic rings. The predicted octanol–water partition coefficient (Wildman–Crippen LogP) is 2.65. The van der Waals surface area contributed by atoms with E-state index in [1.54, 1.807) is 24.5 Å². The fraction of sp³-hybridized carbons (Fsp3) is 0.167. The quantitative estimate of drug-likeness (QED) is 0.522. The first-order valence-electron chi connectivity index (χ1n) is 7.76. The van der Waals surface area contributed by atoms with Crippen LogP contribution in [0.5, 0.6) is 0 Å². The Kier molecular flexibility index (Phi) is 4.49. The van der Waals surface area contributed by atoms with Crippen LogP contribution in [0.15, 0.2) is 42.9 Å². The number of H-pyrrole nitrogens is 1. The first-order chi connectivity index (χ1) is 12.0. The van der Waals surface area contributed by atoms with E-state index in [9.17, 15) is 9.90 Å². The van der Waals surface area contributed by atoms with Gasteiger partial charge in [0.05, 0.1) is 11.3 Å². The Hall–Kier alpha value is -3.19. The van der Waals surface area contributed by atoms with Gasteiger partial charge in [0.2, 0.25) is 0 Å². The molecule has 0 aliphatic carbocycles. The summed E-state index contributed by atoms with van der Waals surface area (Å²) in [7, 11) is 5.69. The van der Waals surface area contributed by atoms with Crippen molar-refractivity contribution in [1.29, 1.82) is 0 Å². The molecule has 0 spiro atoms. The van der Waals surface area contributed by atoms with Crippen LogP contribution >= 0.6 is 0 Å². The van der Waals surface area contributed by atoms with Crippen molar-refractivity contribution in [2.24, 2.45) is 7.05 Å². The van der Waals surface area contributed by atoms with Gasteiger partial charge < -0.3 is 20.0 Å². The van der Waals surface area contributed by atoms with Crippen molar-refractivity contribution >= 4 is 28.0 Å². The minimum Gasteiger partial charge on any atom is -0.478 e. The summed E-state index contributed by atoms with van der Waals surface area (Å²) in [5.41, 5.74) is 4.54. The first kappa shape index (κ1) is 16.7. The van der Waals surface area contributed by atoms with Gasteiger partial charge in [0, 0.05) is 42.1 Å². The lowest BCUT2D eigenvalue weighted by atomic mass is 10.1. The van der Waals surface area contributed by atoms with Gasteiger partial charge in [-0.25, -0.2) is 9.78 Å². The molecule has 0 bridgehead atoms. The maximum atomic E-state index is 11.2. The smallest absolute Gasteiger partial charge is 0.335 e. The van der Waals surface area contributed by atoms with Crippen LogP contribution in [0, 0.1) is 0 Å². The molecule has 0 saturated heterocycles. The number of nitrogens with zero attached hydrogens (tertiary/aromatic N) is 3. The summed E-state index contributed by atoms with van der Waals surface area (Å²) in [6.07, 6.45) is 5.25. The second-order valence-electron chi connectivity index (χ2n) is 5.66. The van der Waals surface area contributed by atoms with Crippen molar-refractivity contribution in [2.45, 2.75) is 0 Å². The summed E-state index contributed by atoms with van der Waals surface area (Å²) >= 11 is 0. The number of aromatic amines is 1. The molecular formula is C18H19N5O2. The molecular weight excluding hydrogens is 318 g/mol. The van der Waals surface area contributed by atoms with Crippen molar-refractivity contribution in [2.75, 3.05) is 14.1 Å². The standard InChI is InChI=1S/C16H12N4O2.C2H7N/c1-20-8-11(10-6-9(16(21)22)2-3-14(10)20)12-7-13-15(19-12)18-5-4-17-13;1-3-2/h2-8H,1H3,(H,18,19)(H,21,22);3H,1-2H3. The molecule has 1 aromatic carbocycles. The van der Waals surface area contributed by atoms with Gasteiger partial charge in [0.25, 0.3) is 0 Å². The van der Waals surface area contributed by atoms with E-state index >= 15 is 0 Å². The highest BCUT2D eigenvalue weighted by Gasteiger charge is 2.14. The van der Waals surface area contributed by atoms with Crippen LogP contribution in [0.1, 0.15) is 10.4 Å². The Morgan fingerprint density at radius 2 is 1.92 bits per heavy atom. The molecule has 0 aliphatic heterocycles. The second-order valence-corrected chi connectivity index (χ2v) is 5.66. The fourth-order valence-corrected chi connectivity index (χ4v) is 2.74. The topological polar surface area (TPSA) is 95.8 Å². The minimum absolute atomic E-state index is 0.271. The highest BCUT2D eigenvalue weighted by atomic mass is 16.4. The molecule has 0 aliphatic rings. The summed E-state index contributed by atoms with van der Waals surface area (Å²) in [6, 6.07) is 7.05. The van der Waals surface area contributed by atoms with Gasteiger partial charge in [-0.1, -0.05) is 0 Å². The number of aromatic nitrogens is 4. The van der Waals surface area contributed by atoms with Crippen LogP contribution in [-0.4, -0.2) is 44.7 Å². The number of carboxylic acids is 1. The zero-order valence-electron chi connectivity index (χ0n) is 14.2. The fourth-order valence-electron chi connectivity index (χ4n) is 2.74. The van der Waals surface area contributed by atoms with Crippen molar-refractivity contribution in [3.05, 3.63) is 48.4 Å².